The summed E-state index contributed by atoms with van der Waals surface area (Å²) in [4.78, 5) is 14.2. The maximum atomic E-state index is 4.60. The van der Waals surface area contributed by atoms with Crippen molar-refractivity contribution in [2.45, 2.75) is 38.8 Å². The Labute approximate surface area is 164 Å². The summed E-state index contributed by atoms with van der Waals surface area (Å²) < 4.78 is 0. The zero-order valence-electron chi connectivity index (χ0n) is 15.8. The quantitative estimate of drug-likeness (QED) is 0.706. The fourth-order valence-electron chi connectivity index (χ4n) is 4.88. The first-order chi connectivity index (χ1) is 13.3. The summed E-state index contributed by atoms with van der Waals surface area (Å²) in [5.41, 5.74) is 1.42. The highest BCUT2D eigenvalue weighted by Gasteiger charge is 2.42. The fraction of sp³-hybridized carbons (Fsp3) is 0.455. The summed E-state index contributed by atoms with van der Waals surface area (Å²) in [5.74, 6) is 2.46. The molecule has 5 heteroatoms. The number of nitrogens with zero attached hydrogens (tertiary/aromatic N) is 3. The van der Waals surface area contributed by atoms with Crippen LogP contribution in [0.4, 0.5) is 5.82 Å². The van der Waals surface area contributed by atoms with Crippen LogP contribution < -0.4 is 5.32 Å². The molecule has 0 amide bonds. The summed E-state index contributed by atoms with van der Waals surface area (Å²) in [5, 5.41) is 5.04. The van der Waals surface area contributed by atoms with Crippen molar-refractivity contribution in [3.63, 3.8) is 0 Å². The van der Waals surface area contributed by atoms with Crippen molar-refractivity contribution in [1.82, 2.24) is 14.9 Å². The molecule has 1 saturated heterocycles. The van der Waals surface area contributed by atoms with E-state index in [-0.39, 0.29) is 0 Å². The van der Waals surface area contributed by atoms with Gasteiger partial charge in [0.25, 0.3) is 0 Å². The lowest BCUT2D eigenvalue weighted by atomic mass is 9.91. The van der Waals surface area contributed by atoms with Crippen LogP contribution in [-0.2, 0) is 13.0 Å². The van der Waals surface area contributed by atoms with E-state index >= 15 is 0 Å². The Balaban J connectivity index is 1.32. The van der Waals surface area contributed by atoms with Gasteiger partial charge in [-0.25, -0.2) is 9.97 Å². The predicted molar refractivity (Wildman–Crippen MR) is 112 cm³/mol. The lowest BCUT2D eigenvalue weighted by Crippen LogP contribution is -2.47. The number of piperidine rings is 1. The van der Waals surface area contributed by atoms with Crippen molar-refractivity contribution in [3.05, 3.63) is 53.2 Å². The minimum atomic E-state index is 0.542. The van der Waals surface area contributed by atoms with Gasteiger partial charge in [-0.1, -0.05) is 37.3 Å². The number of thiophene rings is 1. The van der Waals surface area contributed by atoms with E-state index in [0.29, 0.717) is 17.9 Å². The lowest BCUT2D eigenvalue weighted by Gasteiger charge is -2.38. The van der Waals surface area contributed by atoms with Crippen LogP contribution in [0.5, 0.6) is 0 Å². The number of hydrogen-bond acceptors (Lipinski definition) is 5. The van der Waals surface area contributed by atoms with Gasteiger partial charge in [0, 0.05) is 30.6 Å². The molecule has 1 saturated carbocycles. The number of hydrogen-bond donors (Lipinski definition) is 1. The van der Waals surface area contributed by atoms with Crippen molar-refractivity contribution in [2.24, 2.45) is 11.8 Å². The van der Waals surface area contributed by atoms with E-state index in [1.165, 1.54) is 41.8 Å². The molecule has 3 heterocycles. The maximum absolute atomic E-state index is 4.60. The summed E-state index contributed by atoms with van der Waals surface area (Å²) in [6.07, 6.45) is 5.42. The molecule has 2 aromatic heterocycles. The Morgan fingerprint density at radius 2 is 1.89 bits per heavy atom. The van der Waals surface area contributed by atoms with Crippen molar-refractivity contribution in [1.29, 1.82) is 0 Å². The number of aromatic nitrogens is 2. The molecule has 2 aliphatic rings. The number of aryl methyl sites for hydroxylation is 1. The SMILES string of the molecule is CCc1cc2c(N[C@@H]3[C@@H]4CC[C@H]3CN(Cc3ccccc3)C4)ncnc2s1. The predicted octanol–water partition coefficient (Wildman–Crippen LogP) is 4.58. The largest absolute Gasteiger partial charge is 0.366 e. The Bertz CT molecular complexity index is 908. The van der Waals surface area contributed by atoms with Gasteiger partial charge in [0.15, 0.2) is 0 Å². The van der Waals surface area contributed by atoms with Crippen molar-refractivity contribution in [3.8, 4) is 0 Å². The minimum Gasteiger partial charge on any atom is -0.366 e. The zero-order valence-corrected chi connectivity index (χ0v) is 16.6. The molecule has 140 valence electrons. The van der Waals surface area contributed by atoms with Crippen LogP contribution in [-0.4, -0.2) is 34.0 Å². The molecule has 0 unspecified atom stereocenters. The van der Waals surface area contributed by atoms with Crippen LogP contribution in [0.3, 0.4) is 0 Å². The maximum Gasteiger partial charge on any atom is 0.138 e. The minimum absolute atomic E-state index is 0.542. The highest BCUT2D eigenvalue weighted by atomic mass is 32.1. The first-order valence-corrected chi connectivity index (χ1v) is 10.9. The monoisotopic (exact) mass is 378 g/mol. The summed E-state index contributed by atoms with van der Waals surface area (Å²) >= 11 is 1.79. The molecular weight excluding hydrogens is 352 g/mol. The van der Waals surface area contributed by atoms with E-state index in [4.69, 9.17) is 0 Å². The van der Waals surface area contributed by atoms with Crippen LogP contribution in [0.2, 0.25) is 0 Å². The molecule has 0 radical (unpaired) electrons. The number of fused-ring (bicyclic) bond motifs is 3. The molecule has 2 bridgehead atoms. The third kappa shape index (κ3) is 3.34. The summed E-state index contributed by atoms with van der Waals surface area (Å²) in [6.45, 7) is 5.64. The number of benzene rings is 1. The third-order valence-corrected chi connectivity index (χ3v) is 7.38. The highest BCUT2D eigenvalue weighted by molar-refractivity contribution is 7.18. The number of nitrogens with one attached hydrogen (secondary N) is 1. The normalized spacial score (nSPS) is 25.1. The molecule has 3 aromatic rings. The first-order valence-electron chi connectivity index (χ1n) is 10.1. The molecule has 4 nitrogen and oxygen atoms in total. The van der Waals surface area contributed by atoms with Crippen LogP contribution in [0.25, 0.3) is 10.2 Å². The van der Waals surface area contributed by atoms with Gasteiger partial charge in [-0.05, 0) is 42.7 Å². The van der Waals surface area contributed by atoms with E-state index in [1.807, 2.05) is 0 Å². The van der Waals surface area contributed by atoms with Crippen molar-refractivity contribution < 1.29 is 0 Å². The zero-order chi connectivity index (χ0) is 18.2. The van der Waals surface area contributed by atoms with Crippen LogP contribution in [0.1, 0.15) is 30.2 Å². The summed E-state index contributed by atoms with van der Waals surface area (Å²) in [7, 11) is 0. The average molecular weight is 379 g/mol. The van der Waals surface area contributed by atoms with Crippen molar-refractivity contribution in [2.75, 3.05) is 18.4 Å². The average Bonchev–Trinajstić information content (AvgIpc) is 3.21. The van der Waals surface area contributed by atoms with Gasteiger partial charge in [-0.2, -0.15) is 0 Å². The smallest absolute Gasteiger partial charge is 0.138 e. The van der Waals surface area contributed by atoms with E-state index in [0.717, 1.165) is 23.6 Å². The molecular formula is C22H26N4S. The van der Waals surface area contributed by atoms with E-state index < -0.39 is 0 Å². The molecule has 27 heavy (non-hydrogen) atoms. The first kappa shape index (κ1) is 17.1. The van der Waals surface area contributed by atoms with Crippen LogP contribution in [0.15, 0.2) is 42.7 Å². The fourth-order valence-corrected chi connectivity index (χ4v) is 5.81. The molecule has 1 N–H and O–H groups in total. The van der Waals surface area contributed by atoms with Gasteiger partial charge in [0.05, 0.1) is 5.39 Å². The highest BCUT2D eigenvalue weighted by Crippen LogP contribution is 2.40. The van der Waals surface area contributed by atoms with E-state index in [1.54, 1.807) is 17.7 Å². The molecule has 3 atom stereocenters. The third-order valence-electron chi connectivity index (χ3n) is 6.19. The number of likely N-dealkylation sites (tertiary alicyclic amines) is 1. The molecule has 1 aliphatic heterocycles. The Kier molecular flexibility index (Phi) is 4.58. The Morgan fingerprint density at radius 1 is 1.11 bits per heavy atom. The topological polar surface area (TPSA) is 41.0 Å². The van der Waals surface area contributed by atoms with Crippen LogP contribution in [0, 0.1) is 11.8 Å². The standard InChI is InChI=1S/C22H26N4S/c1-2-18-10-19-21(23-14-24-22(19)27-18)25-20-16-8-9-17(20)13-26(12-16)11-15-6-4-3-5-7-15/h3-7,10,14,16-17,20H,2,8-9,11-13H2,1H3,(H,23,24,25)/t16-,17+,20-. The van der Waals surface area contributed by atoms with Gasteiger partial charge in [-0.3, -0.25) is 4.90 Å². The Hall–Kier alpha value is -1.98. The second-order valence-electron chi connectivity index (χ2n) is 7.95. The van der Waals surface area contributed by atoms with Gasteiger partial charge in [0.1, 0.15) is 17.0 Å². The van der Waals surface area contributed by atoms with Gasteiger partial charge in [0.2, 0.25) is 0 Å². The number of anilines is 1. The Morgan fingerprint density at radius 3 is 2.63 bits per heavy atom. The number of rotatable bonds is 5. The second kappa shape index (κ2) is 7.21. The van der Waals surface area contributed by atoms with Gasteiger partial charge < -0.3 is 5.32 Å². The summed E-state index contributed by atoms with van der Waals surface area (Å²) in [6, 6.07) is 13.7. The van der Waals surface area contributed by atoms with E-state index in [9.17, 15) is 0 Å². The van der Waals surface area contributed by atoms with Gasteiger partial charge >= 0.3 is 0 Å². The van der Waals surface area contributed by atoms with Crippen LogP contribution >= 0.6 is 11.3 Å². The molecule has 2 fully saturated rings. The second-order valence-corrected chi connectivity index (χ2v) is 9.07. The van der Waals surface area contributed by atoms with Crippen molar-refractivity contribution >= 4 is 27.4 Å². The molecule has 5 rings (SSSR count). The molecule has 1 aliphatic carbocycles. The molecule has 0 spiro atoms. The lowest BCUT2D eigenvalue weighted by molar-refractivity contribution is 0.148. The van der Waals surface area contributed by atoms with E-state index in [2.05, 4.69) is 63.5 Å². The van der Waals surface area contributed by atoms with Gasteiger partial charge in [-0.15, -0.1) is 11.3 Å². The molecule has 1 aromatic carbocycles.